The Kier molecular flexibility index (Phi) is 5.71. The van der Waals surface area contributed by atoms with Gasteiger partial charge >= 0.3 is 5.97 Å². The molecule has 1 saturated carbocycles. The maximum atomic E-state index is 12.0. The zero-order valence-corrected chi connectivity index (χ0v) is 13.4. The van der Waals surface area contributed by atoms with Crippen LogP contribution in [-0.4, -0.2) is 22.5 Å². The standard InChI is InChI=1S/C17H26N2O2/c1-4-6-15-14(17(20)21-5-2)11-18-16(19-15)13-9-7-12(3)8-10-13/h11-13H,4-10H2,1-3H3. The molecule has 0 radical (unpaired) electrons. The van der Waals surface area contributed by atoms with Gasteiger partial charge in [-0.1, -0.05) is 33.1 Å². The Balaban J connectivity index is 2.21. The average Bonchev–Trinajstić information content (AvgIpc) is 2.48. The largest absolute Gasteiger partial charge is 0.462 e. The van der Waals surface area contributed by atoms with E-state index in [-0.39, 0.29) is 5.97 Å². The Bertz CT molecular complexity index is 480. The topological polar surface area (TPSA) is 52.1 Å². The summed E-state index contributed by atoms with van der Waals surface area (Å²) in [5.41, 5.74) is 1.38. The van der Waals surface area contributed by atoms with Gasteiger partial charge in [0.1, 0.15) is 5.82 Å². The minimum Gasteiger partial charge on any atom is -0.462 e. The van der Waals surface area contributed by atoms with Gasteiger partial charge in [0, 0.05) is 12.1 Å². The van der Waals surface area contributed by atoms with Crippen molar-refractivity contribution in [2.45, 2.75) is 65.2 Å². The molecule has 4 nitrogen and oxygen atoms in total. The SMILES string of the molecule is CCCc1nc(C2CCC(C)CC2)ncc1C(=O)OCC. The highest BCUT2D eigenvalue weighted by Gasteiger charge is 2.23. The predicted molar refractivity (Wildman–Crippen MR) is 82.4 cm³/mol. The van der Waals surface area contributed by atoms with Crippen LogP contribution in [0.2, 0.25) is 0 Å². The van der Waals surface area contributed by atoms with Gasteiger partial charge in [-0.05, 0) is 32.1 Å². The summed E-state index contributed by atoms with van der Waals surface area (Å²) in [6.45, 7) is 6.60. The van der Waals surface area contributed by atoms with Gasteiger partial charge in [0.25, 0.3) is 0 Å². The van der Waals surface area contributed by atoms with Gasteiger partial charge in [0.05, 0.1) is 17.9 Å². The van der Waals surface area contributed by atoms with Crippen molar-refractivity contribution in [3.8, 4) is 0 Å². The molecule has 21 heavy (non-hydrogen) atoms. The Labute approximate surface area is 127 Å². The predicted octanol–water partition coefficient (Wildman–Crippen LogP) is 3.90. The van der Waals surface area contributed by atoms with E-state index in [1.54, 1.807) is 6.20 Å². The third-order valence-corrected chi connectivity index (χ3v) is 4.25. The van der Waals surface area contributed by atoms with Gasteiger partial charge in [-0.3, -0.25) is 0 Å². The second-order valence-corrected chi connectivity index (χ2v) is 6.02. The molecule has 0 unspecified atom stereocenters. The maximum Gasteiger partial charge on any atom is 0.341 e. The fourth-order valence-corrected chi connectivity index (χ4v) is 2.95. The third kappa shape index (κ3) is 4.02. The van der Waals surface area contributed by atoms with Gasteiger partial charge in [-0.2, -0.15) is 0 Å². The van der Waals surface area contributed by atoms with Crippen LogP contribution in [-0.2, 0) is 11.2 Å². The number of carbonyl (C=O) groups excluding carboxylic acids is 1. The van der Waals surface area contributed by atoms with Crippen LogP contribution < -0.4 is 0 Å². The molecular weight excluding hydrogens is 264 g/mol. The van der Waals surface area contributed by atoms with E-state index in [1.165, 1.54) is 12.8 Å². The summed E-state index contributed by atoms with van der Waals surface area (Å²) in [6, 6.07) is 0. The fraction of sp³-hybridized carbons (Fsp3) is 0.706. The molecule has 0 bridgehead atoms. The molecule has 0 saturated heterocycles. The quantitative estimate of drug-likeness (QED) is 0.772. The fourth-order valence-electron chi connectivity index (χ4n) is 2.95. The van der Waals surface area contributed by atoms with E-state index in [9.17, 15) is 4.79 Å². The van der Waals surface area contributed by atoms with Crippen LogP contribution in [0.15, 0.2) is 6.20 Å². The zero-order chi connectivity index (χ0) is 15.2. The van der Waals surface area contributed by atoms with Gasteiger partial charge < -0.3 is 4.74 Å². The molecule has 0 spiro atoms. The molecule has 116 valence electrons. The zero-order valence-electron chi connectivity index (χ0n) is 13.4. The van der Waals surface area contributed by atoms with Crippen molar-refractivity contribution in [1.29, 1.82) is 0 Å². The first-order valence-electron chi connectivity index (χ1n) is 8.18. The van der Waals surface area contributed by atoms with Crippen LogP contribution in [0.1, 0.15) is 80.7 Å². The molecular formula is C17H26N2O2. The maximum absolute atomic E-state index is 12.0. The van der Waals surface area contributed by atoms with Gasteiger partial charge in [-0.25, -0.2) is 14.8 Å². The van der Waals surface area contributed by atoms with E-state index < -0.39 is 0 Å². The number of aryl methyl sites for hydroxylation is 1. The van der Waals surface area contributed by atoms with E-state index in [0.29, 0.717) is 18.1 Å². The van der Waals surface area contributed by atoms with Crippen LogP contribution in [0, 0.1) is 5.92 Å². The van der Waals surface area contributed by atoms with Crippen molar-refractivity contribution in [2.75, 3.05) is 6.61 Å². The lowest BCUT2D eigenvalue weighted by Gasteiger charge is -2.25. The Morgan fingerprint density at radius 3 is 2.62 bits per heavy atom. The van der Waals surface area contributed by atoms with Crippen molar-refractivity contribution in [2.24, 2.45) is 5.92 Å². The molecule has 4 heteroatoms. The molecule has 2 rings (SSSR count). The molecule has 0 atom stereocenters. The Hall–Kier alpha value is -1.45. The van der Waals surface area contributed by atoms with Gasteiger partial charge in [-0.15, -0.1) is 0 Å². The van der Waals surface area contributed by atoms with E-state index >= 15 is 0 Å². The second kappa shape index (κ2) is 7.53. The first-order valence-corrected chi connectivity index (χ1v) is 8.18. The summed E-state index contributed by atoms with van der Waals surface area (Å²) < 4.78 is 5.10. The lowest BCUT2D eigenvalue weighted by Crippen LogP contribution is -2.17. The van der Waals surface area contributed by atoms with Crippen molar-refractivity contribution >= 4 is 5.97 Å². The highest BCUT2D eigenvalue weighted by molar-refractivity contribution is 5.90. The highest BCUT2D eigenvalue weighted by Crippen LogP contribution is 2.34. The van der Waals surface area contributed by atoms with Crippen LogP contribution in [0.3, 0.4) is 0 Å². The third-order valence-electron chi connectivity index (χ3n) is 4.25. The molecule has 1 aromatic heterocycles. The molecule has 1 aliphatic carbocycles. The molecule has 1 heterocycles. The van der Waals surface area contributed by atoms with Crippen molar-refractivity contribution in [3.63, 3.8) is 0 Å². The molecule has 1 aromatic rings. The number of aromatic nitrogens is 2. The Morgan fingerprint density at radius 1 is 1.29 bits per heavy atom. The lowest BCUT2D eigenvalue weighted by atomic mass is 9.82. The van der Waals surface area contributed by atoms with Crippen LogP contribution in [0.4, 0.5) is 0 Å². The minimum absolute atomic E-state index is 0.301. The van der Waals surface area contributed by atoms with Crippen LogP contribution in [0.25, 0.3) is 0 Å². The average molecular weight is 290 g/mol. The summed E-state index contributed by atoms with van der Waals surface area (Å²) >= 11 is 0. The van der Waals surface area contributed by atoms with Crippen LogP contribution >= 0.6 is 0 Å². The summed E-state index contributed by atoms with van der Waals surface area (Å²) in [6.07, 6.45) is 8.24. The van der Waals surface area contributed by atoms with Crippen LogP contribution in [0.5, 0.6) is 0 Å². The van der Waals surface area contributed by atoms with E-state index in [4.69, 9.17) is 9.72 Å². The van der Waals surface area contributed by atoms with E-state index in [0.717, 1.165) is 43.1 Å². The smallest absolute Gasteiger partial charge is 0.341 e. The van der Waals surface area contributed by atoms with Gasteiger partial charge in [0.2, 0.25) is 0 Å². The molecule has 0 aromatic carbocycles. The number of carbonyl (C=O) groups is 1. The monoisotopic (exact) mass is 290 g/mol. The van der Waals surface area contributed by atoms with E-state index in [1.807, 2.05) is 6.92 Å². The molecule has 1 fully saturated rings. The molecule has 0 amide bonds. The van der Waals surface area contributed by atoms with Crippen molar-refractivity contribution in [1.82, 2.24) is 9.97 Å². The first kappa shape index (κ1) is 15.9. The number of hydrogen-bond acceptors (Lipinski definition) is 4. The minimum atomic E-state index is -0.301. The van der Waals surface area contributed by atoms with Crippen molar-refractivity contribution in [3.05, 3.63) is 23.3 Å². The normalized spacial score (nSPS) is 22.0. The number of nitrogens with zero attached hydrogens (tertiary/aromatic N) is 2. The number of rotatable bonds is 5. The van der Waals surface area contributed by atoms with Crippen molar-refractivity contribution < 1.29 is 9.53 Å². The molecule has 0 N–H and O–H groups in total. The van der Waals surface area contributed by atoms with Gasteiger partial charge in [0.15, 0.2) is 0 Å². The number of hydrogen-bond donors (Lipinski definition) is 0. The summed E-state index contributed by atoms with van der Waals surface area (Å²) in [5, 5.41) is 0. The first-order chi connectivity index (χ1) is 10.2. The molecule has 1 aliphatic rings. The summed E-state index contributed by atoms with van der Waals surface area (Å²) in [4.78, 5) is 21.1. The van der Waals surface area contributed by atoms with E-state index in [2.05, 4.69) is 18.8 Å². The highest BCUT2D eigenvalue weighted by atomic mass is 16.5. The summed E-state index contributed by atoms with van der Waals surface area (Å²) in [7, 11) is 0. The lowest BCUT2D eigenvalue weighted by molar-refractivity contribution is 0.0523. The number of ether oxygens (including phenoxy) is 1. The molecule has 0 aliphatic heterocycles. The second-order valence-electron chi connectivity index (χ2n) is 6.02. The Morgan fingerprint density at radius 2 is 2.00 bits per heavy atom. The summed E-state index contributed by atoms with van der Waals surface area (Å²) in [5.74, 6) is 1.88. The number of esters is 1.